The molecule has 0 bridgehead atoms. The average molecular weight is 382 g/mol. The van der Waals surface area contributed by atoms with E-state index in [0.717, 1.165) is 6.54 Å². The Morgan fingerprint density at radius 2 is 1.85 bits per heavy atom. The van der Waals surface area contributed by atoms with Crippen LogP contribution < -0.4 is 16.4 Å². The number of benzene rings is 1. The predicted octanol–water partition coefficient (Wildman–Crippen LogP) is 2.69. The summed E-state index contributed by atoms with van der Waals surface area (Å²) in [4.78, 5) is 21.6. The Hall–Kier alpha value is -2.88. The van der Waals surface area contributed by atoms with Gasteiger partial charge in [0.1, 0.15) is 5.82 Å². The molecule has 2 rings (SSSR count). The van der Waals surface area contributed by atoms with Crippen LogP contribution in [0.2, 0.25) is 0 Å². The molecule has 0 unspecified atom stereocenters. The van der Waals surface area contributed by atoms with Crippen molar-refractivity contribution in [3.63, 3.8) is 0 Å². The summed E-state index contributed by atoms with van der Waals surface area (Å²) in [6.45, 7) is 1.15. The van der Waals surface area contributed by atoms with Gasteiger partial charge in [-0.05, 0) is 51.3 Å². The van der Waals surface area contributed by atoms with Crippen molar-refractivity contribution in [2.24, 2.45) is 0 Å². The highest BCUT2D eigenvalue weighted by atomic mass is 19.4. The zero-order chi connectivity index (χ0) is 20.0. The number of rotatable bonds is 7. The maximum Gasteiger partial charge on any atom is 0.433 e. The molecular weight excluding hydrogens is 361 g/mol. The van der Waals surface area contributed by atoms with Gasteiger partial charge in [-0.1, -0.05) is 0 Å². The second-order valence-corrected chi connectivity index (χ2v) is 6.12. The van der Waals surface area contributed by atoms with Gasteiger partial charge in [0.15, 0.2) is 5.69 Å². The van der Waals surface area contributed by atoms with E-state index in [1.165, 1.54) is 24.3 Å². The van der Waals surface area contributed by atoms with E-state index < -0.39 is 17.8 Å². The number of carbonyl (C=O) groups is 1. The van der Waals surface area contributed by atoms with Crippen molar-refractivity contribution in [1.82, 2.24) is 14.9 Å². The fourth-order valence-corrected chi connectivity index (χ4v) is 2.15. The van der Waals surface area contributed by atoms with Gasteiger partial charge in [-0.25, -0.2) is 4.98 Å². The summed E-state index contributed by atoms with van der Waals surface area (Å²) in [6, 6.07) is 6.68. The Kier molecular flexibility index (Phi) is 6.56. The molecule has 1 amide bonds. The summed E-state index contributed by atoms with van der Waals surface area (Å²) in [5, 5.41) is 5.12. The highest BCUT2D eigenvalue weighted by Gasteiger charge is 2.34. The molecule has 1 aromatic heterocycles. The van der Waals surface area contributed by atoms with Crippen LogP contribution in [0.25, 0.3) is 0 Å². The van der Waals surface area contributed by atoms with Crippen molar-refractivity contribution in [3.05, 3.63) is 41.6 Å². The van der Waals surface area contributed by atoms with Gasteiger partial charge in [0.25, 0.3) is 5.91 Å². The number of amides is 1. The standard InChI is InChI=1S/C17H21F3N6O/c1-26(2)9-3-8-22-16-23-13(17(18,19)20)10-14(25-16)24-15(27)11-4-6-12(21)7-5-11/h4-7,10H,3,8-9,21H2,1-2H3,(H2,22,23,24,25,27). The maximum absolute atomic E-state index is 13.1. The maximum atomic E-state index is 13.1. The Balaban J connectivity index is 2.17. The summed E-state index contributed by atoms with van der Waals surface area (Å²) >= 11 is 0. The second-order valence-electron chi connectivity index (χ2n) is 6.12. The first-order chi connectivity index (χ1) is 12.6. The van der Waals surface area contributed by atoms with Crippen LogP contribution in [0.1, 0.15) is 22.5 Å². The molecular formula is C17H21F3N6O. The molecule has 2 aromatic rings. The van der Waals surface area contributed by atoms with E-state index in [2.05, 4.69) is 20.6 Å². The molecule has 0 aliphatic heterocycles. The van der Waals surface area contributed by atoms with Gasteiger partial charge in [-0.15, -0.1) is 0 Å². The van der Waals surface area contributed by atoms with Crippen molar-refractivity contribution in [2.45, 2.75) is 12.6 Å². The number of hydrogen-bond acceptors (Lipinski definition) is 6. The predicted molar refractivity (Wildman–Crippen MR) is 97.5 cm³/mol. The van der Waals surface area contributed by atoms with Gasteiger partial charge in [0, 0.05) is 23.9 Å². The molecule has 27 heavy (non-hydrogen) atoms. The number of nitrogens with zero attached hydrogens (tertiary/aromatic N) is 3. The zero-order valence-corrected chi connectivity index (χ0v) is 15.0. The number of nitrogens with two attached hydrogens (primary N) is 1. The molecule has 1 aromatic carbocycles. The first-order valence-electron chi connectivity index (χ1n) is 8.17. The highest BCUT2D eigenvalue weighted by Crippen LogP contribution is 2.29. The molecule has 7 nitrogen and oxygen atoms in total. The normalized spacial score (nSPS) is 11.5. The molecule has 0 radical (unpaired) electrons. The third-order valence-corrected chi connectivity index (χ3v) is 3.50. The number of alkyl halides is 3. The lowest BCUT2D eigenvalue weighted by Crippen LogP contribution is -2.19. The first-order valence-corrected chi connectivity index (χ1v) is 8.17. The number of hydrogen-bond donors (Lipinski definition) is 3. The van der Waals surface area contributed by atoms with Crippen molar-refractivity contribution in [3.8, 4) is 0 Å². The SMILES string of the molecule is CN(C)CCCNc1nc(NC(=O)c2ccc(N)cc2)cc(C(F)(F)F)n1. The number of nitrogens with one attached hydrogen (secondary N) is 2. The molecule has 4 N–H and O–H groups in total. The van der Waals surface area contributed by atoms with Crippen LogP contribution in [0.3, 0.4) is 0 Å². The smallest absolute Gasteiger partial charge is 0.399 e. The van der Waals surface area contributed by atoms with E-state index in [4.69, 9.17) is 5.73 Å². The number of carbonyl (C=O) groups excluding carboxylic acids is 1. The molecule has 0 atom stereocenters. The summed E-state index contributed by atoms with van der Waals surface area (Å²) in [5.41, 5.74) is 5.13. The van der Waals surface area contributed by atoms with E-state index >= 15 is 0 Å². The number of aromatic nitrogens is 2. The minimum Gasteiger partial charge on any atom is -0.399 e. The summed E-state index contributed by atoms with van der Waals surface area (Å²) in [7, 11) is 3.79. The van der Waals surface area contributed by atoms with Crippen LogP contribution in [-0.4, -0.2) is 48.0 Å². The fraction of sp³-hybridized carbons (Fsp3) is 0.353. The van der Waals surface area contributed by atoms with Gasteiger partial charge in [-0.2, -0.15) is 18.2 Å². The topological polar surface area (TPSA) is 96.2 Å². The van der Waals surface area contributed by atoms with Crippen LogP contribution in [0, 0.1) is 0 Å². The van der Waals surface area contributed by atoms with Crippen LogP contribution in [0.15, 0.2) is 30.3 Å². The minimum absolute atomic E-state index is 0.198. The molecule has 0 spiro atoms. The Labute approximate surface area is 154 Å². The molecule has 0 aliphatic carbocycles. The van der Waals surface area contributed by atoms with E-state index in [1.54, 1.807) is 0 Å². The Bertz CT molecular complexity index is 777. The number of nitrogen functional groups attached to an aromatic ring is 1. The largest absolute Gasteiger partial charge is 0.433 e. The van der Waals surface area contributed by atoms with Gasteiger partial charge >= 0.3 is 6.18 Å². The van der Waals surface area contributed by atoms with Gasteiger partial charge in [0.05, 0.1) is 0 Å². The van der Waals surface area contributed by atoms with Crippen LogP contribution in [0.4, 0.5) is 30.6 Å². The minimum atomic E-state index is -4.66. The van der Waals surface area contributed by atoms with E-state index in [0.29, 0.717) is 24.7 Å². The van der Waals surface area contributed by atoms with Crippen molar-refractivity contribution in [2.75, 3.05) is 43.6 Å². The molecule has 0 saturated heterocycles. The van der Waals surface area contributed by atoms with Crippen LogP contribution >= 0.6 is 0 Å². The number of halogens is 3. The van der Waals surface area contributed by atoms with Crippen LogP contribution in [-0.2, 0) is 6.18 Å². The van der Waals surface area contributed by atoms with Gasteiger partial charge < -0.3 is 21.3 Å². The summed E-state index contributed by atoms with van der Waals surface area (Å²) < 4.78 is 39.3. The number of anilines is 3. The average Bonchev–Trinajstić information content (AvgIpc) is 2.58. The first kappa shape index (κ1) is 20.4. The fourth-order valence-electron chi connectivity index (χ4n) is 2.15. The summed E-state index contributed by atoms with van der Waals surface area (Å²) in [5.74, 6) is -1.04. The van der Waals surface area contributed by atoms with Crippen molar-refractivity contribution < 1.29 is 18.0 Å². The monoisotopic (exact) mass is 382 g/mol. The molecule has 146 valence electrons. The Morgan fingerprint density at radius 3 is 2.44 bits per heavy atom. The van der Waals surface area contributed by atoms with E-state index in [-0.39, 0.29) is 17.3 Å². The van der Waals surface area contributed by atoms with E-state index in [9.17, 15) is 18.0 Å². The molecule has 0 fully saturated rings. The lowest BCUT2D eigenvalue weighted by molar-refractivity contribution is -0.141. The molecule has 0 aliphatic rings. The lowest BCUT2D eigenvalue weighted by Gasteiger charge is -2.13. The lowest BCUT2D eigenvalue weighted by atomic mass is 10.2. The third-order valence-electron chi connectivity index (χ3n) is 3.50. The van der Waals surface area contributed by atoms with Gasteiger partial charge in [0.2, 0.25) is 5.95 Å². The van der Waals surface area contributed by atoms with Crippen molar-refractivity contribution in [1.29, 1.82) is 0 Å². The molecule has 1 heterocycles. The van der Waals surface area contributed by atoms with Crippen LogP contribution in [0.5, 0.6) is 0 Å². The quantitative estimate of drug-likeness (QED) is 0.503. The Morgan fingerprint density at radius 1 is 1.19 bits per heavy atom. The highest BCUT2D eigenvalue weighted by molar-refractivity contribution is 6.04. The van der Waals surface area contributed by atoms with E-state index in [1.807, 2.05) is 19.0 Å². The summed E-state index contributed by atoms with van der Waals surface area (Å²) in [6.07, 6.45) is -3.97. The van der Waals surface area contributed by atoms with Crippen molar-refractivity contribution >= 4 is 23.4 Å². The molecule has 0 saturated carbocycles. The molecule has 10 heteroatoms. The third kappa shape index (κ3) is 6.41. The zero-order valence-electron chi connectivity index (χ0n) is 15.0. The second kappa shape index (κ2) is 8.67. The van der Waals surface area contributed by atoms with Gasteiger partial charge in [-0.3, -0.25) is 4.79 Å².